The average Bonchev–Trinajstić information content (AvgIpc) is 2.21. The van der Waals surface area contributed by atoms with Gasteiger partial charge in [-0.1, -0.05) is 47.6 Å². The highest BCUT2D eigenvalue weighted by Crippen LogP contribution is 2.58. The van der Waals surface area contributed by atoms with Gasteiger partial charge in [0, 0.05) is 7.92 Å². The van der Waals surface area contributed by atoms with Crippen molar-refractivity contribution in [2.75, 3.05) is 0 Å². The quantitative estimate of drug-likeness (QED) is 0.500. The Morgan fingerprint density at radius 2 is 0.826 bits per heavy atom. The SMILES string of the molecule is CC(C)(C)c1cc([PH+](C(C)(C)C)C(C)(C)C)cc(C(C)(C)C)c1. The molecule has 0 aromatic heterocycles. The smallest absolute Gasteiger partial charge is 0.0561 e. The van der Waals surface area contributed by atoms with Crippen molar-refractivity contribution < 1.29 is 0 Å². The first-order chi connectivity index (χ1) is 9.94. The number of hydrogen-bond acceptors (Lipinski definition) is 0. The molecule has 0 bridgehead atoms. The summed E-state index contributed by atoms with van der Waals surface area (Å²) in [5, 5.41) is 2.29. The molecule has 1 aromatic carbocycles. The summed E-state index contributed by atoms with van der Waals surface area (Å²) in [4.78, 5) is 0. The van der Waals surface area contributed by atoms with Crippen LogP contribution < -0.4 is 5.30 Å². The molecule has 0 unspecified atom stereocenters. The van der Waals surface area contributed by atoms with Gasteiger partial charge in [-0.2, -0.15) is 0 Å². The molecule has 0 heterocycles. The molecular weight excluding hydrogens is 295 g/mol. The molecule has 23 heavy (non-hydrogen) atoms. The van der Waals surface area contributed by atoms with Crippen molar-refractivity contribution in [3.8, 4) is 0 Å². The summed E-state index contributed by atoms with van der Waals surface area (Å²) >= 11 is 0. The second kappa shape index (κ2) is 6.18. The molecule has 0 aliphatic heterocycles. The fourth-order valence-electron chi connectivity index (χ4n) is 3.63. The van der Waals surface area contributed by atoms with Gasteiger partial charge in [0.1, 0.15) is 0 Å². The minimum absolute atomic E-state index is 0.193. The Kier molecular flexibility index (Phi) is 5.56. The fourth-order valence-corrected chi connectivity index (χ4v) is 8.21. The van der Waals surface area contributed by atoms with Gasteiger partial charge < -0.3 is 0 Å². The van der Waals surface area contributed by atoms with Gasteiger partial charge in [0.15, 0.2) is 0 Å². The molecule has 0 aliphatic carbocycles. The second-order valence-corrected chi connectivity index (χ2v) is 15.5. The molecule has 1 heteroatoms. The molecule has 0 amide bonds. The van der Waals surface area contributed by atoms with E-state index in [-0.39, 0.29) is 10.8 Å². The summed E-state index contributed by atoms with van der Waals surface area (Å²) in [6.45, 7) is 28.5. The van der Waals surface area contributed by atoms with E-state index in [1.165, 1.54) is 11.1 Å². The minimum Gasteiger partial charge on any atom is -0.0561 e. The summed E-state index contributed by atoms with van der Waals surface area (Å²) in [5.41, 5.74) is 3.35. The molecule has 0 spiro atoms. The van der Waals surface area contributed by atoms with Crippen LogP contribution in [0.4, 0.5) is 0 Å². The largest absolute Gasteiger partial charge is 0.0931 e. The van der Waals surface area contributed by atoms with Gasteiger partial charge in [-0.3, -0.25) is 0 Å². The van der Waals surface area contributed by atoms with Crippen LogP contribution in [0.3, 0.4) is 0 Å². The molecule has 0 nitrogen and oxygen atoms in total. The van der Waals surface area contributed by atoms with Crippen molar-refractivity contribution in [3.63, 3.8) is 0 Å². The predicted molar refractivity (Wildman–Crippen MR) is 111 cm³/mol. The van der Waals surface area contributed by atoms with E-state index in [9.17, 15) is 0 Å². The first-order valence-electron chi connectivity index (χ1n) is 8.98. The maximum absolute atomic E-state index is 2.51. The van der Waals surface area contributed by atoms with Gasteiger partial charge in [-0.15, -0.1) is 0 Å². The van der Waals surface area contributed by atoms with Crippen LogP contribution in [0.25, 0.3) is 0 Å². The van der Waals surface area contributed by atoms with E-state index < -0.39 is 7.92 Å². The predicted octanol–water partition coefficient (Wildman–Crippen LogP) is 6.72. The van der Waals surface area contributed by atoms with Gasteiger partial charge in [0.25, 0.3) is 0 Å². The van der Waals surface area contributed by atoms with E-state index in [4.69, 9.17) is 0 Å². The molecule has 0 saturated carbocycles. The number of benzene rings is 1. The van der Waals surface area contributed by atoms with Crippen molar-refractivity contribution in [1.82, 2.24) is 0 Å². The summed E-state index contributed by atoms with van der Waals surface area (Å²) in [5.74, 6) is 0. The molecule has 0 radical (unpaired) electrons. The lowest BCUT2D eigenvalue weighted by molar-refractivity contribution is 0.569. The second-order valence-electron chi connectivity index (χ2n) is 11.2. The highest BCUT2D eigenvalue weighted by Gasteiger charge is 2.44. The van der Waals surface area contributed by atoms with Crippen LogP contribution in [0.5, 0.6) is 0 Å². The van der Waals surface area contributed by atoms with Gasteiger partial charge in [0.2, 0.25) is 0 Å². The molecule has 1 aromatic rings. The standard InChI is InChI=1S/C22H39P/c1-19(2,3)16-13-17(20(4,5)6)15-18(14-16)23(21(7,8)9)22(10,11)12/h13-15H,1-12H3/p+1. The molecule has 0 fully saturated rings. The Hall–Kier alpha value is -0.350. The van der Waals surface area contributed by atoms with Crippen molar-refractivity contribution in [2.24, 2.45) is 0 Å². The van der Waals surface area contributed by atoms with Crippen LogP contribution in [0.1, 0.15) is 94.2 Å². The van der Waals surface area contributed by atoms with Crippen molar-refractivity contribution in [1.29, 1.82) is 0 Å². The third-order valence-electron chi connectivity index (χ3n) is 4.45. The molecular formula is C22H40P+. The molecule has 0 aliphatic rings. The van der Waals surface area contributed by atoms with Crippen LogP contribution in [0, 0.1) is 0 Å². The van der Waals surface area contributed by atoms with Crippen LogP contribution in [0.2, 0.25) is 0 Å². The number of rotatable bonds is 1. The van der Waals surface area contributed by atoms with Gasteiger partial charge in [-0.25, -0.2) is 0 Å². The molecule has 0 saturated heterocycles. The molecule has 0 atom stereocenters. The van der Waals surface area contributed by atoms with Crippen LogP contribution >= 0.6 is 7.92 Å². The molecule has 1 rings (SSSR count). The fraction of sp³-hybridized carbons (Fsp3) is 0.727. The Labute approximate surface area is 147 Å². The van der Waals surface area contributed by atoms with E-state index in [2.05, 4.69) is 101 Å². The Bertz CT molecular complexity index is 493. The maximum Gasteiger partial charge on any atom is 0.0931 e. The first kappa shape index (κ1) is 20.7. The third-order valence-corrected chi connectivity index (χ3v) is 8.32. The zero-order valence-electron chi connectivity index (χ0n) is 17.7. The Morgan fingerprint density at radius 1 is 0.522 bits per heavy atom. The lowest BCUT2D eigenvalue weighted by atomic mass is 9.81. The van der Waals surface area contributed by atoms with Gasteiger partial charge >= 0.3 is 0 Å². The Balaban J connectivity index is 3.69. The van der Waals surface area contributed by atoms with E-state index in [0.29, 0.717) is 10.3 Å². The van der Waals surface area contributed by atoms with Crippen LogP contribution in [-0.2, 0) is 10.8 Å². The lowest BCUT2D eigenvalue weighted by Crippen LogP contribution is -2.32. The highest BCUT2D eigenvalue weighted by atomic mass is 31.1. The minimum atomic E-state index is -0.717. The Morgan fingerprint density at radius 3 is 1.04 bits per heavy atom. The van der Waals surface area contributed by atoms with Crippen molar-refractivity contribution in [2.45, 2.75) is 104 Å². The zero-order chi connectivity index (χ0) is 18.4. The summed E-state index contributed by atoms with van der Waals surface area (Å²) in [6, 6.07) is 7.47. The summed E-state index contributed by atoms with van der Waals surface area (Å²) in [7, 11) is -0.717. The van der Waals surface area contributed by atoms with Gasteiger partial charge in [0.05, 0.1) is 15.6 Å². The average molecular weight is 336 g/mol. The van der Waals surface area contributed by atoms with E-state index in [1.54, 1.807) is 5.30 Å². The van der Waals surface area contributed by atoms with Crippen molar-refractivity contribution >= 4 is 13.2 Å². The molecule has 132 valence electrons. The van der Waals surface area contributed by atoms with E-state index in [0.717, 1.165) is 0 Å². The van der Waals surface area contributed by atoms with Gasteiger partial charge in [-0.05, 0) is 75.6 Å². The van der Waals surface area contributed by atoms with Crippen LogP contribution in [-0.4, -0.2) is 10.3 Å². The first-order valence-corrected chi connectivity index (χ1v) is 10.5. The van der Waals surface area contributed by atoms with Crippen LogP contribution in [0.15, 0.2) is 18.2 Å². The third kappa shape index (κ3) is 5.32. The van der Waals surface area contributed by atoms with Crippen molar-refractivity contribution in [3.05, 3.63) is 29.3 Å². The zero-order valence-corrected chi connectivity index (χ0v) is 18.7. The molecule has 0 N–H and O–H groups in total. The maximum atomic E-state index is 2.51. The summed E-state index contributed by atoms with van der Waals surface area (Å²) in [6.07, 6.45) is 0. The highest BCUT2D eigenvalue weighted by molar-refractivity contribution is 7.68. The summed E-state index contributed by atoms with van der Waals surface area (Å²) < 4.78 is 0. The normalized spacial score (nSPS) is 14.5. The lowest BCUT2D eigenvalue weighted by Gasteiger charge is -2.35. The van der Waals surface area contributed by atoms with E-state index >= 15 is 0 Å². The van der Waals surface area contributed by atoms with E-state index in [1.807, 2.05) is 0 Å². The monoisotopic (exact) mass is 335 g/mol. The number of hydrogen-bond donors (Lipinski definition) is 0. The topological polar surface area (TPSA) is 0 Å².